The smallest absolute Gasteiger partial charge is 0.297 e. The second-order valence-corrected chi connectivity index (χ2v) is 5.05. The first-order chi connectivity index (χ1) is 10.6. The molecule has 22 heavy (non-hydrogen) atoms. The third-order valence-electron chi connectivity index (χ3n) is 3.43. The van der Waals surface area contributed by atoms with Crippen molar-refractivity contribution < 1.29 is 4.79 Å². The number of carbonyl (C=O) groups excluding carboxylic acids is 1. The molecule has 0 bridgehead atoms. The van der Waals surface area contributed by atoms with Crippen LogP contribution < -0.4 is 4.90 Å². The highest BCUT2D eigenvalue weighted by atomic mass is 16.2. The number of hydrogen-bond acceptors (Lipinski definition) is 3. The highest BCUT2D eigenvalue weighted by Gasteiger charge is 2.18. The van der Waals surface area contributed by atoms with Crippen LogP contribution in [0.15, 0.2) is 60.9 Å². The van der Waals surface area contributed by atoms with Gasteiger partial charge in [-0.1, -0.05) is 35.9 Å². The zero-order valence-electron chi connectivity index (χ0n) is 12.5. The monoisotopic (exact) mass is 292 g/mol. The van der Waals surface area contributed by atoms with E-state index >= 15 is 0 Å². The van der Waals surface area contributed by atoms with Crippen LogP contribution in [0.4, 0.5) is 5.69 Å². The minimum atomic E-state index is -0.239. The van der Waals surface area contributed by atoms with Gasteiger partial charge < -0.3 is 4.90 Å². The van der Waals surface area contributed by atoms with Gasteiger partial charge in [-0.25, -0.2) is 9.67 Å². The molecule has 0 unspecified atom stereocenters. The van der Waals surface area contributed by atoms with Crippen LogP contribution in [0.1, 0.15) is 16.2 Å². The molecule has 5 heteroatoms. The maximum Gasteiger partial charge on any atom is 0.297 e. The highest BCUT2D eigenvalue weighted by molar-refractivity contribution is 6.03. The third kappa shape index (κ3) is 2.74. The molecule has 0 N–H and O–H groups in total. The molecule has 3 rings (SSSR count). The summed E-state index contributed by atoms with van der Waals surface area (Å²) in [7, 11) is 1.71. The van der Waals surface area contributed by atoms with Gasteiger partial charge in [0.25, 0.3) is 5.91 Å². The van der Waals surface area contributed by atoms with Crippen LogP contribution in [0.2, 0.25) is 0 Å². The Morgan fingerprint density at radius 1 is 1.05 bits per heavy atom. The quantitative estimate of drug-likeness (QED) is 0.746. The Hall–Kier alpha value is -2.95. The Morgan fingerprint density at radius 3 is 2.41 bits per heavy atom. The number of carbonyl (C=O) groups is 1. The summed E-state index contributed by atoms with van der Waals surface area (Å²) in [4.78, 5) is 18.1. The van der Waals surface area contributed by atoms with Gasteiger partial charge in [-0.15, -0.1) is 5.10 Å². The van der Waals surface area contributed by atoms with Crippen LogP contribution in [0.3, 0.4) is 0 Å². The van der Waals surface area contributed by atoms with Gasteiger partial charge in [0, 0.05) is 12.7 Å². The second kappa shape index (κ2) is 5.81. The van der Waals surface area contributed by atoms with E-state index in [2.05, 4.69) is 10.1 Å². The van der Waals surface area contributed by atoms with E-state index < -0.39 is 0 Å². The molecule has 2 aromatic carbocycles. The number of hydrogen-bond donors (Lipinski definition) is 0. The van der Waals surface area contributed by atoms with Crippen LogP contribution >= 0.6 is 0 Å². The van der Waals surface area contributed by atoms with E-state index in [1.807, 2.05) is 61.5 Å². The molecule has 1 amide bonds. The van der Waals surface area contributed by atoms with Crippen molar-refractivity contribution >= 4 is 11.6 Å². The first-order valence-corrected chi connectivity index (χ1v) is 6.97. The van der Waals surface area contributed by atoms with Crippen molar-refractivity contribution in [1.82, 2.24) is 14.8 Å². The molecular formula is C17H16N4O. The van der Waals surface area contributed by atoms with Gasteiger partial charge in [0.15, 0.2) is 0 Å². The summed E-state index contributed by atoms with van der Waals surface area (Å²) in [6, 6.07) is 17.3. The lowest BCUT2D eigenvalue weighted by Crippen LogP contribution is -2.27. The van der Waals surface area contributed by atoms with Crippen molar-refractivity contribution in [1.29, 1.82) is 0 Å². The number of benzene rings is 2. The van der Waals surface area contributed by atoms with Crippen molar-refractivity contribution in [2.24, 2.45) is 0 Å². The van der Waals surface area contributed by atoms with Crippen LogP contribution in [0, 0.1) is 6.92 Å². The topological polar surface area (TPSA) is 51.0 Å². The average Bonchev–Trinajstić information content (AvgIpc) is 3.05. The zero-order valence-corrected chi connectivity index (χ0v) is 12.5. The molecule has 5 nitrogen and oxygen atoms in total. The van der Waals surface area contributed by atoms with E-state index in [-0.39, 0.29) is 11.7 Å². The fourth-order valence-corrected chi connectivity index (χ4v) is 2.10. The molecule has 1 aromatic heterocycles. The molecule has 0 saturated heterocycles. The minimum Gasteiger partial charge on any atom is -0.309 e. The molecule has 110 valence electrons. The first-order valence-electron chi connectivity index (χ1n) is 6.97. The molecule has 1 heterocycles. The lowest BCUT2D eigenvalue weighted by Gasteiger charge is -2.14. The SMILES string of the molecule is Cc1ccc(-n2cnc(C(=O)N(C)c3ccccc3)n2)cc1. The van der Waals surface area contributed by atoms with Crippen molar-refractivity contribution in [3.8, 4) is 5.69 Å². The number of aryl methyl sites for hydroxylation is 1. The minimum absolute atomic E-state index is 0.173. The number of anilines is 1. The van der Waals surface area contributed by atoms with E-state index in [0.717, 1.165) is 11.4 Å². The van der Waals surface area contributed by atoms with Crippen molar-refractivity contribution in [3.63, 3.8) is 0 Å². The van der Waals surface area contributed by atoms with Crippen LogP contribution in [0.5, 0.6) is 0 Å². The van der Waals surface area contributed by atoms with E-state index in [1.165, 1.54) is 10.5 Å². The molecule has 0 spiro atoms. The number of para-hydroxylation sites is 1. The van der Waals surface area contributed by atoms with E-state index in [1.54, 1.807) is 18.1 Å². The van der Waals surface area contributed by atoms with Crippen LogP contribution in [0.25, 0.3) is 5.69 Å². The summed E-state index contributed by atoms with van der Waals surface area (Å²) in [6.07, 6.45) is 1.55. The maximum atomic E-state index is 12.4. The lowest BCUT2D eigenvalue weighted by atomic mass is 10.2. The van der Waals surface area contributed by atoms with Gasteiger partial charge in [0.2, 0.25) is 5.82 Å². The molecule has 0 radical (unpaired) electrons. The second-order valence-electron chi connectivity index (χ2n) is 5.05. The molecule has 0 aliphatic rings. The normalized spacial score (nSPS) is 10.5. The Morgan fingerprint density at radius 2 is 1.73 bits per heavy atom. The number of nitrogens with zero attached hydrogens (tertiary/aromatic N) is 4. The molecule has 3 aromatic rings. The Balaban J connectivity index is 1.84. The Bertz CT molecular complexity index is 778. The van der Waals surface area contributed by atoms with E-state index in [0.29, 0.717) is 0 Å². The van der Waals surface area contributed by atoms with Crippen molar-refractivity contribution in [3.05, 3.63) is 72.3 Å². The standard InChI is InChI=1S/C17H16N4O/c1-13-8-10-15(11-9-13)21-12-18-16(19-21)17(22)20(2)14-6-4-3-5-7-14/h3-12H,1-2H3. The highest BCUT2D eigenvalue weighted by Crippen LogP contribution is 2.14. The molecule has 0 aliphatic carbocycles. The van der Waals surface area contributed by atoms with Crippen molar-refractivity contribution in [2.45, 2.75) is 6.92 Å². The fraction of sp³-hybridized carbons (Fsp3) is 0.118. The maximum absolute atomic E-state index is 12.4. The van der Waals surface area contributed by atoms with Gasteiger partial charge >= 0.3 is 0 Å². The first kappa shape index (κ1) is 14.0. The number of aromatic nitrogens is 3. The fourth-order valence-electron chi connectivity index (χ4n) is 2.10. The van der Waals surface area contributed by atoms with Gasteiger partial charge in [0.05, 0.1) is 5.69 Å². The summed E-state index contributed by atoms with van der Waals surface area (Å²) in [5, 5.41) is 4.27. The van der Waals surface area contributed by atoms with Crippen LogP contribution in [-0.4, -0.2) is 27.7 Å². The summed E-state index contributed by atoms with van der Waals surface area (Å²) < 4.78 is 1.60. The van der Waals surface area contributed by atoms with Gasteiger partial charge in [-0.05, 0) is 31.2 Å². The number of rotatable bonds is 3. The van der Waals surface area contributed by atoms with E-state index in [9.17, 15) is 4.79 Å². The third-order valence-corrected chi connectivity index (χ3v) is 3.43. The molecule has 0 atom stereocenters. The molecule has 0 aliphatic heterocycles. The van der Waals surface area contributed by atoms with Gasteiger partial charge in [-0.3, -0.25) is 4.79 Å². The van der Waals surface area contributed by atoms with E-state index in [4.69, 9.17) is 0 Å². The summed E-state index contributed by atoms with van der Waals surface area (Å²) >= 11 is 0. The Labute approximate surface area is 128 Å². The van der Waals surface area contributed by atoms with Crippen LogP contribution in [-0.2, 0) is 0 Å². The van der Waals surface area contributed by atoms with Gasteiger partial charge in [0.1, 0.15) is 6.33 Å². The lowest BCUT2D eigenvalue weighted by molar-refractivity contribution is 0.0983. The zero-order chi connectivity index (χ0) is 15.5. The average molecular weight is 292 g/mol. The summed E-state index contributed by atoms with van der Waals surface area (Å²) in [5.41, 5.74) is 2.85. The van der Waals surface area contributed by atoms with Gasteiger partial charge in [-0.2, -0.15) is 0 Å². The molecule has 0 saturated carbocycles. The predicted octanol–water partition coefficient (Wildman–Crippen LogP) is 2.85. The summed E-state index contributed by atoms with van der Waals surface area (Å²) in [5.74, 6) is -0.0658. The largest absolute Gasteiger partial charge is 0.309 e. The molecular weight excluding hydrogens is 276 g/mol. The number of amides is 1. The predicted molar refractivity (Wildman–Crippen MR) is 85.3 cm³/mol. The molecule has 0 fully saturated rings. The Kier molecular flexibility index (Phi) is 3.70. The summed E-state index contributed by atoms with van der Waals surface area (Å²) in [6.45, 7) is 2.02. The van der Waals surface area contributed by atoms with Crippen molar-refractivity contribution in [2.75, 3.05) is 11.9 Å².